The van der Waals surface area contributed by atoms with Crippen molar-refractivity contribution in [1.29, 1.82) is 0 Å². The first kappa shape index (κ1) is 14.0. The van der Waals surface area contributed by atoms with Crippen LogP contribution in [-0.2, 0) is 17.4 Å². The highest BCUT2D eigenvalue weighted by Crippen LogP contribution is 2.39. The predicted octanol–water partition coefficient (Wildman–Crippen LogP) is 3.45. The van der Waals surface area contributed by atoms with Gasteiger partial charge in [0.05, 0.1) is 0 Å². The molecule has 96 valence electrons. The average Bonchev–Trinajstić information content (AvgIpc) is 2.14. The molecule has 1 aromatic rings. The molecular formula is C15H25NO. The molecule has 0 saturated heterocycles. The molecule has 0 unspecified atom stereocenters. The molecule has 0 radical (unpaired) electrons. The van der Waals surface area contributed by atoms with Crippen LogP contribution in [-0.4, -0.2) is 5.11 Å². The van der Waals surface area contributed by atoms with Crippen LogP contribution in [0.25, 0.3) is 0 Å². The second-order valence-corrected chi connectivity index (χ2v) is 6.74. The molecule has 0 aliphatic heterocycles. The molecule has 2 nitrogen and oxygen atoms in total. The summed E-state index contributed by atoms with van der Waals surface area (Å²) in [6.45, 7) is 13.1. The standard InChI is InChI=1S/C15H25NO/c1-14(2,3)11-7-10(9-16)8-12(13(11)17)15(4,5)6/h7-8,17H,9,16H2,1-6H3. The number of phenols is 1. The summed E-state index contributed by atoms with van der Waals surface area (Å²) in [5.74, 6) is 0.419. The zero-order valence-electron chi connectivity index (χ0n) is 11.9. The molecule has 1 rings (SSSR count). The Hall–Kier alpha value is -1.02. The van der Waals surface area contributed by atoms with Crippen LogP contribution < -0.4 is 5.73 Å². The maximum Gasteiger partial charge on any atom is 0.123 e. The lowest BCUT2D eigenvalue weighted by molar-refractivity contribution is 0.422. The minimum Gasteiger partial charge on any atom is -0.507 e. The summed E-state index contributed by atoms with van der Waals surface area (Å²) in [5.41, 5.74) is 8.63. The Bertz CT molecular complexity index is 373. The molecule has 0 fully saturated rings. The number of nitrogens with two attached hydrogens (primary N) is 1. The van der Waals surface area contributed by atoms with Crippen molar-refractivity contribution in [3.8, 4) is 5.75 Å². The first-order valence-electron chi connectivity index (χ1n) is 6.14. The van der Waals surface area contributed by atoms with Crippen LogP contribution in [0.5, 0.6) is 5.75 Å². The van der Waals surface area contributed by atoms with Crippen LogP contribution in [0.15, 0.2) is 12.1 Å². The van der Waals surface area contributed by atoms with Gasteiger partial charge in [-0.25, -0.2) is 0 Å². The van der Waals surface area contributed by atoms with Gasteiger partial charge >= 0.3 is 0 Å². The largest absolute Gasteiger partial charge is 0.507 e. The van der Waals surface area contributed by atoms with Gasteiger partial charge in [-0.15, -0.1) is 0 Å². The lowest BCUT2D eigenvalue weighted by atomic mass is 9.78. The third kappa shape index (κ3) is 3.01. The number of benzene rings is 1. The van der Waals surface area contributed by atoms with Gasteiger partial charge in [-0.1, -0.05) is 53.7 Å². The summed E-state index contributed by atoms with van der Waals surface area (Å²) in [7, 11) is 0. The van der Waals surface area contributed by atoms with Crippen LogP contribution in [0, 0.1) is 0 Å². The van der Waals surface area contributed by atoms with Crippen molar-refractivity contribution < 1.29 is 5.11 Å². The Morgan fingerprint density at radius 2 is 1.29 bits per heavy atom. The van der Waals surface area contributed by atoms with Gasteiger partial charge in [0, 0.05) is 6.54 Å². The number of hydrogen-bond acceptors (Lipinski definition) is 2. The maximum absolute atomic E-state index is 10.4. The van der Waals surface area contributed by atoms with Crippen molar-refractivity contribution in [1.82, 2.24) is 0 Å². The summed E-state index contributed by atoms with van der Waals surface area (Å²) in [6.07, 6.45) is 0. The monoisotopic (exact) mass is 235 g/mol. The predicted molar refractivity (Wildman–Crippen MR) is 73.4 cm³/mol. The molecule has 17 heavy (non-hydrogen) atoms. The van der Waals surface area contributed by atoms with E-state index in [9.17, 15) is 5.11 Å². The highest BCUT2D eigenvalue weighted by molar-refractivity contribution is 5.49. The average molecular weight is 235 g/mol. The normalized spacial score (nSPS) is 12.9. The molecule has 0 atom stereocenters. The fourth-order valence-electron chi connectivity index (χ4n) is 1.96. The number of phenolic OH excluding ortho intramolecular Hbond substituents is 1. The van der Waals surface area contributed by atoms with Crippen molar-refractivity contribution in [2.24, 2.45) is 5.73 Å². The van der Waals surface area contributed by atoms with Crippen LogP contribution in [0.2, 0.25) is 0 Å². The van der Waals surface area contributed by atoms with E-state index in [1.807, 2.05) is 12.1 Å². The summed E-state index contributed by atoms with van der Waals surface area (Å²) in [6, 6.07) is 4.04. The van der Waals surface area contributed by atoms with Crippen LogP contribution in [0.3, 0.4) is 0 Å². The van der Waals surface area contributed by atoms with Gasteiger partial charge in [-0.2, -0.15) is 0 Å². The summed E-state index contributed by atoms with van der Waals surface area (Å²) < 4.78 is 0. The second-order valence-electron chi connectivity index (χ2n) is 6.74. The van der Waals surface area contributed by atoms with E-state index in [-0.39, 0.29) is 10.8 Å². The van der Waals surface area contributed by atoms with Crippen LogP contribution in [0.1, 0.15) is 58.2 Å². The van der Waals surface area contributed by atoms with E-state index in [0.717, 1.165) is 16.7 Å². The summed E-state index contributed by atoms with van der Waals surface area (Å²) in [4.78, 5) is 0. The molecule has 0 aromatic heterocycles. The number of aromatic hydroxyl groups is 1. The van der Waals surface area contributed by atoms with Crippen molar-refractivity contribution in [3.05, 3.63) is 28.8 Å². The molecular weight excluding hydrogens is 210 g/mol. The lowest BCUT2D eigenvalue weighted by Crippen LogP contribution is -2.18. The zero-order chi connectivity index (χ0) is 13.4. The first-order chi connectivity index (χ1) is 7.57. The number of rotatable bonds is 1. The maximum atomic E-state index is 10.4. The first-order valence-corrected chi connectivity index (χ1v) is 6.14. The third-order valence-electron chi connectivity index (χ3n) is 3.02. The van der Waals surface area contributed by atoms with Crippen molar-refractivity contribution in [3.63, 3.8) is 0 Å². The Labute approximate surface area is 105 Å². The van der Waals surface area contributed by atoms with E-state index < -0.39 is 0 Å². The Morgan fingerprint density at radius 3 is 1.53 bits per heavy atom. The van der Waals surface area contributed by atoms with E-state index in [0.29, 0.717) is 12.3 Å². The fourth-order valence-corrected chi connectivity index (χ4v) is 1.96. The summed E-state index contributed by atoms with van der Waals surface area (Å²) in [5, 5.41) is 10.4. The minimum absolute atomic E-state index is 0.0741. The van der Waals surface area contributed by atoms with E-state index in [1.165, 1.54) is 0 Å². The van der Waals surface area contributed by atoms with Crippen molar-refractivity contribution in [2.75, 3.05) is 0 Å². The molecule has 0 heterocycles. The van der Waals surface area contributed by atoms with E-state index in [4.69, 9.17) is 5.73 Å². The van der Waals surface area contributed by atoms with E-state index in [2.05, 4.69) is 41.5 Å². The van der Waals surface area contributed by atoms with E-state index >= 15 is 0 Å². The summed E-state index contributed by atoms with van der Waals surface area (Å²) >= 11 is 0. The van der Waals surface area contributed by atoms with Crippen molar-refractivity contribution >= 4 is 0 Å². The molecule has 0 saturated carbocycles. The Kier molecular flexibility index (Phi) is 3.58. The van der Waals surface area contributed by atoms with Crippen LogP contribution >= 0.6 is 0 Å². The van der Waals surface area contributed by atoms with E-state index in [1.54, 1.807) is 0 Å². The Morgan fingerprint density at radius 1 is 0.941 bits per heavy atom. The molecule has 0 spiro atoms. The van der Waals surface area contributed by atoms with Gasteiger partial charge in [0.25, 0.3) is 0 Å². The number of hydrogen-bond donors (Lipinski definition) is 2. The molecule has 1 aromatic carbocycles. The van der Waals surface area contributed by atoms with Gasteiger partial charge < -0.3 is 10.8 Å². The minimum atomic E-state index is -0.0741. The topological polar surface area (TPSA) is 46.2 Å². The van der Waals surface area contributed by atoms with Crippen molar-refractivity contribution in [2.45, 2.75) is 58.9 Å². The molecule has 2 heteroatoms. The van der Waals surface area contributed by atoms with Gasteiger partial charge in [0.1, 0.15) is 5.75 Å². The van der Waals surface area contributed by atoms with Gasteiger partial charge in [0.15, 0.2) is 0 Å². The smallest absolute Gasteiger partial charge is 0.123 e. The highest BCUT2D eigenvalue weighted by Gasteiger charge is 2.26. The second kappa shape index (κ2) is 4.34. The molecule has 0 aliphatic carbocycles. The Balaban J connectivity index is 3.53. The SMILES string of the molecule is CC(C)(C)c1cc(CN)cc(C(C)(C)C)c1O. The molecule has 0 aliphatic rings. The third-order valence-corrected chi connectivity index (χ3v) is 3.02. The zero-order valence-corrected chi connectivity index (χ0v) is 11.9. The molecule has 3 N–H and O–H groups in total. The lowest BCUT2D eigenvalue weighted by Gasteiger charge is -2.28. The quantitative estimate of drug-likeness (QED) is 0.783. The molecule has 0 bridgehead atoms. The van der Waals surface area contributed by atoms with Gasteiger partial charge in [-0.05, 0) is 27.5 Å². The van der Waals surface area contributed by atoms with Gasteiger partial charge in [-0.3, -0.25) is 0 Å². The van der Waals surface area contributed by atoms with Crippen LogP contribution in [0.4, 0.5) is 0 Å². The molecule has 0 amide bonds. The van der Waals surface area contributed by atoms with Gasteiger partial charge in [0.2, 0.25) is 0 Å². The fraction of sp³-hybridized carbons (Fsp3) is 0.600. The highest BCUT2D eigenvalue weighted by atomic mass is 16.3.